The third kappa shape index (κ3) is 2.01. The summed E-state index contributed by atoms with van der Waals surface area (Å²) >= 11 is 7.63. The molecule has 0 unspecified atom stereocenters. The zero-order valence-electron chi connectivity index (χ0n) is 8.67. The van der Waals surface area contributed by atoms with E-state index in [1.165, 1.54) is 4.88 Å². The number of nitrogens with two attached hydrogens (primary N) is 1. The lowest BCUT2D eigenvalue weighted by molar-refractivity contribution is 1.47. The Morgan fingerprint density at radius 2 is 1.87 bits per heavy atom. The molecule has 0 aliphatic heterocycles. The average molecular weight is 238 g/mol. The van der Waals surface area contributed by atoms with Gasteiger partial charge in [-0.05, 0) is 42.7 Å². The maximum atomic E-state index is 6.04. The zero-order chi connectivity index (χ0) is 11.0. The van der Waals surface area contributed by atoms with Crippen molar-refractivity contribution in [3.8, 4) is 10.4 Å². The van der Waals surface area contributed by atoms with E-state index in [9.17, 15) is 0 Å². The third-order valence-corrected chi connectivity index (χ3v) is 4.03. The van der Waals surface area contributed by atoms with E-state index in [2.05, 4.69) is 12.1 Å². The van der Waals surface area contributed by atoms with E-state index in [0.717, 1.165) is 26.7 Å². The van der Waals surface area contributed by atoms with Crippen molar-refractivity contribution in [2.75, 3.05) is 5.73 Å². The molecule has 0 saturated heterocycles. The van der Waals surface area contributed by atoms with Crippen LogP contribution in [-0.2, 0) is 0 Å². The number of aryl methyl sites for hydroxylation is 2. The van der Waals surface area contributed by atoms with E-state index in [1.807, 2.05) is 26.0 Å². The Kier molecular flexibility index (Phi) is 2.72. The highest BCUT2D eigenvalue weighted by Crippen LogP contribution is 2.35. The number of benzene rings is 1. The number of hydrogen-bond donors (Lipinski definition) is 1. The molecule has 0 atom stereocenters. The minimum absolute atomic E-state index is 0.828. The fraction of sp³-hybridized carbons (Fsp3) is 0.167. The van der Waals surface area contributed by atoms with Crippen LogP contribution in [0.4, 0.5) is 5.69 Å². The van der Waals surface area contributed by atoms with Gasteiger partial charge in [0.25, 0.3) is 0 Å². The molecule has 1 aromatic heterocycles. The lowest BCUT2D eigenvalue weighted by Gasteiger charge is -2.02. The van der Waals surface area contributed by atoms with Crippen molar-refractivity contribution >= 4 is 28.6 Å². The summed E-state index contributed by atoms with van der Waals surface area (Å²) in [5.41, 5.74) is 10.1. The van der Waals surface area contributed by atoms with Gasteiger partial charge in [0.2, 0.25) is 0 Å². The summed E-state index contributed by atoms with van der Waals surface area (Å²) in [5, 5.41) is 0. The lowest BCUT2D eigenvalue weighted by atomic mass is 10.1. The van der Waals surface area contributed by atoms with Crippen LogP contribution in [0.25, 0.3) is 10.4 Å². The molecule has 2 N–H and O–H groups in total. The highest BCUT2D eigenvalue weighted by atomic mass is 35.5. The van der Waals surface area contributed by atoms with Crippen LogP contribution in [0.5, 0.6) is 0 Å². The van der Waals surface area contributed by atoms with E-state index in [-0.39, 0.29) is 0 Å². The van der Waals surface area contributed by atoms with Gasteiger partial charge in [0.15, 0.2) is 0 Å². The number of rotatable bonds is 1. The Morgan fingerprint density at radius 1 is 1.13 bits per heavy atom. The van der Waals surface area contributed by atoms with Crippen molar-refractivity contribution in [3.05, 3.63) is 39.7 Å². The summed E-state index contributed by atoms with van der Waals surface area (Å²) < 4.78 is 0.851. The van der Waals surface area contributed by atoms with Crippen molar-refractivity contribution < 1.29 is 0 Å². The SMILES string of the molecule is Cc1ccc(-c2cc(C)c(Cl)s2)cc1N. The van der Waals surface area contributed by atoms with Gasteiger partial charge in [-0.1, -0.05) is 23.7 Å². The molecule has 0 fully saturated rings. The summed E-state index contributed by atoms with van der Waals surface area (Å²) in [7, 11) is 0. The minimum Gasteiger partial charge on any atom is -0.398 e. The second-order valence-corrected chi connectivity index (χ2v) is 5.29. The number of hydrogen-bond acceptors (Lipinski definition) is 2. The molecule has 2 aromatic rings. The molecule has 0 saturated carbocycles. The molecular formula is C12H12ClNS. The predicted molar refractivity (Wildman–Crippen MR) is 68.7 cm³/mol. The maximum absolute atomic E-state index is 6.04. The smallest absolute Gasteiger partial charge is 0.0963 e. The summed E-state index contributed by atoms with van der Waals surface area (Å²) in [5.74, 6) is 0. The molecule has 1 heterocycles. The van der Waals surface area contributed by atoms with Crippen LogP contribution in [0, 0.1) is 13.8 Å². The zero-order valence-corrected chi connectivity index (χ0v) is 10.2. The van der Waals surface area contributed by atoms with Gasteiger partial charge in [0.05, 0.1) is 4.34 Å². The molecule has 0 amide bonds. The minimum atomic E-state index is 0.828. The molecule has 0 radical (unpaired) electrons. The van der Waals surface area contributed by atoms with E-state index >= 15 is 0 Å². The van der Waals surface area contributed by atoms with Crippen LogP contribution in [0.3, 0.4) is 0 Å². The fourth-order valence-electron chi connectivity index (χ4n) is 1.40. The van der Waals surface area contributed by atoms with Crippen LogP contribution in [0.2, 0.25) is 4.34 Å². The van der Waals surface area contributed by atoms with Gasteiger partial charge in [-0.25, -0.2) is 0 Å². The maximum Gasteiger partial charge on any atom is 0.0963 e. The normalized spacial score (nSPS) is 10.6. The monoisotopic (exact) mass is 237 g/mol. The number of nitrogen functional groups attached to an aromatic ring is 1. The summed E-state index contributed by atoms with van der Waals surface area (Å²) in [6.45, 7) is 4.02. The van der Waals surface area contributed by atoms with Crippen molar-refractivity contribution in [3.63, 3.8) is 0 Å². The van der Waals surface area contributed by atoms with Gasteiger partial charge in [-0.3, -0.25) is 0 Å². The highest BCUT2D eigenvalue weighted by molar-refractivity contribution is 7.19. The summed E-state index contributed by atoms with van der Waals surface area (Å²) in [4.78, 5) is 1.17. The van der Waals surface area contributed by atoms with Gasteiger partial charge in [0.1, 0.15) is 0 Å². The van der Waals surface area contributed by atoms with Gasteiger partial charge < -0.3 is 5.73 Å². The van der Waals surface area contributed by atoms with Crippen molar-refractivity contribution in [2.45, 2.75) is 13.8 Å². The fourth-order valence-corrected chi connectivity index (χ4v) is 2.59. The van der Waals surface area contributed by atoms with E-state index in [4.69, 9.17) is 17.3 Å². The number of thiophene rings is 1. The van der Waals surface area contributed by atoms with Crippen LogP contribution in [0.1, 0.15) is 11.1 Å². The molecule has 0 aliphatic rings. The van der Waals surface area contributed by atoms with Crippen molar-refractivity contribution in [1.82, 2.24) is 0 Å². The van der Waals surface area contributed by atoms with Gasteiger partial charge >= 0.3 is 0 Å². The molecular weight excluding hydrogens is 226 g/mol. The van der Waals surface area contributed by atoms with Crippen molar-refractivity contribution in [2.24, 2.45) is 0 Å². The first-order chi connectivity index (χ1) is 7.08. The molecule has 3 heteroatoms. The summed E-state index contributed by atoms with van der Waals surface area (Å²) in [6, 6.07) is 8.20. The van der Waals surface area contributed by atoms with Crippen LogP contribution in [0.15, 0.2) is 24.3 Å². The van der Waals surface area contributed by atoms with E-state index < -0.39 is 0 Å². The topological polar surface area (TPSA) is 26.0 Å². The molecule has 2 rings (SSSR count). The first kappa shape index (κ1) is 10.5. The molecule has 1 nitrogen and oxygen atoms in total. The van der Waals surface area contributed by atoms with Crippen LogP contribution >= 0.6 is 22.9 Å². The predicted octanol–water partition coefficient (Wildman–Crippen LogP) is 4.27. The second-order valence-electron chi connectivity index (χ2n) is 3.64. The Labute approximate surface area is 98.5 Å². The third-order valence-electron chi connectivity index (χ3n) is 2.42. The summed E-state index contributed by atoms with van der Waals surface area (Å²) in [6.07, 6.45) is 0. The Hall–Kier alpha value is -0.990. The number of halogens is 1. The molecule has 0 spiro atoms. The number of anilines is 1. The van der Waals surface area contributed by atoms with Crippen molar-refractivity contribution in [1.29, 1.82) is 0 Å². The quantitative estimate of drug-likeness (QED) is 0.737. The molecule has 0 bridgehead atoms. The Balaban J connectivity index is 2.49. The van der Waals surface area contributed by atoms with E-state index in [1.54, 1.807) is 11.3 Å². The molecule has 0 aliphatic carbocycles. The van der Waals surface area contributed by atoms with Gasteiger partial charge in [0, 0.05) is 10.6 Å². The second kappa shape index (κ2) is 3.87. The van der Waals surface area contributed by atoms with E-state index in [0.29, 0.717) is 0 Å². The standard InChI is InChI=1S/C12H12ClNS/c1-7-3-4-9(6-10(7)14)11-5-8(2)12(13)15-11/h3-6H,14H2,1-2H3. The largest absolute Gasteiger partial charge is 0.398 e. The lowest BCUT2D eigenvalue weighted by Crippen LogP contribution is -1.88. The highest BCUT2D eigenvalue weighted by Gasteiger charge is 2.06. The van der Waals surface area contributed by atoms with Crippen LogP contribution in [-0.4, -0.2) is 0 Å². The van der Waals surface area contributed by atoms with Crippen LogP contribution < -0.4 is 5.73 Å². The average Bonchev–Trinajstić information content (AvgIpc) is 2.52. The molecule has 15 heavy (non-hydrogen) atoms. The Bertz CT molecular complexity index is 483. The van der Waals surface area contributed by atoms with Gasteiger partial charge in [-0.2, -0.15) is 0 Å². The molecule has 1 aromatic carbocycles. The first-order valence-electron chi connectivity index (χ1n) is 4.70. The Morgan fingerprint density at radius 3 is 2.40 bits per heavy atom. The first-order valence-corrected chi connectivity index (χ1v) is 5.90. The molecule has 78 valence electrons. The van der Waals surface area contributed by atoms with Gasteiger partial charge in [-0.15, -0.1) is 11.3 Å².